The first kappa shape index (κ1) is 9.31. The van der Waals surface area contributed by atoms with Crippen molar-refractivity contribution >= 4 is 5.78 Å². The average molecular weight is 196 g/mol. The van der Waals surface area contributed by atoms with E-state index in [-0.39, 0.29) is 11.3 Å². The van der Waals surface area contributed by atoms with Crippen molar-refractivity contribution < 1.29 is 13.6 Å². The molecule has 0 atom stereocenters. The summed E-state index contributed by atoms with van der Waals surface area (Å²) in [6, 6.07) is 1.99. The third-order valence-corrected chi connectivity index (χ3v) is 2.54. The van der Waals surface area contributed by atoms with Crippen molar-refractivity contribution in [3.05, 3.63) is 34.9 Å². The smallest absolute Gasteiger partial charge is 0.163 e. The number of hydrogen-bond acceptors (Lipinski definition) is 1. The van der Waals surface area contributed by atoms with E-state index in [0.29, 0.717) is 18.4 Å². The molecular weight excluding hydrogens is 186 g/mol. The number of fused-ring (bicyclic) bond motifs is 1. The van der Waals surface area contributed by atoms with Gasteiger partial charge in [0.25, 0.3) is 0 Å². The maximum absolute atomic E-state index is 13.3. The van der Waals surface area contributed by atoms with E-state index in [0.717, 1.165) is 25.0 Å². The molecule has 0 saturated heterocycles. The minimum Gasteiger partial charge on any atom is -0.294 e. The monoisotopic (exact) mass is 196 g/mol. The lowest BCUT2D eigenvalue weighted by Gasteiger charge is -2.05. The first-order valence-electron chi connectivity index (χ1n) is 4.69. The third-order valence-electron chi connectivity index (χ3n) is 2.54. The Bertz CT molecular complexity index is 385. The summed E-state index contributed by atoms with van der Waals surface area (Å²) in [6.45, 7) is 0. The average Bonchev–Trinajstić information content (AvgIpc) is 2.29. The van der Waals surface area contributed by atoms with Gasteiger partial charge in [-0.1, -0.05) is 0 Å². The standard InChI is InChI=1S/C11H10F2O/c12-7-5-9-8(10(13)6-7)3-1-2-4-11(9)14/h5-6H,1-4H2. The molecule has 3 heteroatoms. The van der Waals surface area contributed by atoms with Gasteiger partial charge in [0, 0.05) is 18.1 Å². The highest BCUT2D eigenvalue weighted by atomic mass is 19.1. The highest BCUT2D eigenvalue weighted by Gasteiger charge is 2.19. The van der Waals surface area contributed by atoms with Gasteiger partial charge in [0.05, 0.1) is 0 Å². The van der Waals surface area contributed by atoms with E-state index in [2.05, 4.69) is 0 Å². The minimum absolute atomic E-state index is 0.143. The van der Waals surface area contributed by atoms with Gasteiger partial charge in [-0.3, -0.25) is 4.79 Å². The van der Waals surface area contributed by atoms with Gasteiger partial charge >= 0.3 is 0 Å². The highest BCUT2D eigenvalue weighted by molar-refractivity contribution is 5.97. The first-order valence-corrected chi connectivity index (χ1v) is 4.69. The van der Waals surface area contributed by atoms with Gasteiger partial charge in [-0.2, -0.15) is 0 Å². The number of benzene rings is 1. The molecule has 0 aliphatic heterocycles. The molecular formula is C11H10F2O. The normalized spacial score (nSPS) is 16.3. The SMILES string of the molecule is O=C1CCCCc2c(F)cc(F)cc21. The maximum atomic E-state index is 13.3. The van der Waals surface area contributed by atoms with Crippen LogP contribution in [0.15, 0.2) is 12.1 Å². The van der Waals surface area contributed by atoms with Crippen LogP contribution in [0.3, 0.4) is 0 Å². The van der Waals surface area contributed by atoms with Crippen molar-refractivity contribution in [3.8, 4) is 0 Å². The molecule has 1 aliphatic carbocycles. The Morgan fingerprint density at radius 3 is 2.57 bits per heavy atom. The number of ketones is 1. The van der Waals surface area contributed by atoms with Crippen LogP contribution in [0.5, 0.6) is 0 Å². The molecule has 74 valence electrons. The van der Waals surface area contributed by atoms with E-state index in [1.54, 1.807) is 0 Å². The number of hydrogen-bond donors (Lipinski definition) is 0. The van der Waals surface area contributed by atoms with Crippen molar-refractivity contribution in [1.29, 1.82) is 0 Å². The lowest BCUT2D eigenvalue weighted by molar-refractivity contribution is 0.0981. The van der Waals surface area contributed by atoms with E-state index in [1.165, 1.54) is 0 Å². The molecule has 0 fully saturated rings. The Labute approximate surface area is 80.7 Å². The zero-order chi connectivity index (χ0) is 10.1. The Hall–Kier alpha value is -1.25. The van der Waals surface area contributed by atoms with Crippen LogP contribution in [-0.2, 0) is 6.42 Å². The third kappa shape index (κ3) is 1.54. The Morgan fingerprint density at radius 1 is 1.07 bits per heavy atom. The first-order chi connectivity index (χ1) is 6.68. The Balaban J connectivity index is 2.58. The van der Waals surface area contributed by atoms with Crippen molar-refractivity contribution in [2.24, 2.45) is 0 Å². The number of halogens is 2. The number of rotatable bonds is 0. The summed E-state index contributed by atoms with van der Waals surface area (Å²) in [5.41, 5.74) is 0.619. The van der Waals surface area contributed by atoms with Crippen LogP contribution < -0.4 is 0 Å². The molecule has 0 amide bonds. The summed E-state index contributed by atoms with van der Waals surface area (Å²) in [5, 5.41) is 0. The highest BCUT2D eigenvalue weighted by Crippen LogP contribution is 2.24. The maximum Gasteiger partial charge on any atom is 0.163 e. The fraction of sp³-hybridized carbons (Fsp3) is 0.364. The second kappa shape index (κ2) is 3.48. The second-order valence-corrected chi connectivity index (χ2v) is 3.54. The summed E-state index contributed by atoms with van der Waals surface area (Å²) in [4.78, 5) is 11.5. The number of carbonyl (C=O) groups is 1. The van der Waals surface area contributed by atoms with Crippen LogP contribution in [0.1, 0.15) is 35.2 Å². The van der Waals surface area contributed by atoms with Gasteiger partial charge in [0.15, 0.2) is 5.78 Å². The van der Waals surface area contributed by atoms with E-state index in [9.17, 15) is 13.6 Å². The molecule has 0 unspecified atom stereocenters. The van der Waals surface area contributed by atoms with Crippen molar-refractivity contribution in [2.75, 3.05) is 0 Å². The van der Waals surface area contributed by atoms with Crippen molar-refractivity contribution in [2.45, 2.75) is 25.7 Å². The summed E-state index contributed by atoms with van der Waals surface area (Å²) in [7, 11) is 0. The summed E-state index contributed by atoms with van der Waals surface area (Å²) in [5.74, 6) is -1.40. The molecule has 0 saturated carbocycles. The Morgan fingerprint density at radius 2 is 1.79 bits per heavy atom. The van der Waals surface area contributed by atoms with E-state index in [4.69, 9.17) is 0 Å². The molecule has 0 spiro atoms. The van der Waals surface area contributed by atoms with Gasteiger partial charge in [-0.25, -0.2) is 8.78 Å². The summed E-state index contributed by atoms with van der Waals surface area (Å²) >= 11 is 0. The topological polar surface area (TPSA) is 17.1 Å². The van der Waals surface area contributed by atoms with Gasteiger partial charge in [0.1, 0.15) is 11.6 Å². The summed E-state index contributed by atoms with van der Waals surface area (Å²) in [6.07, 6.45) is 2.49. The fourth-order valence-electron chi connectivity index (χ4n) is 1.83. The van der Waals surface area contributed by atoms with E-state index >= 15 is 0 Å². The predicted octanol–water partition coefficient (Wildman–Crippen LogP) is 2.87. The van der Waals surface area contributed by atoms with Crippen LogP contribution in [0.2, 0.25) is 0 Å². The molecule has 1 aliphatic rings. The molecule has 2 rings (SSSR count). The molecule has 0 bridgehead atoms. The molecule has 0 heterocycles. The molecule has 0 radical (unpaired) electrons. The molecule has 1 nitrogen and oxygen atoms in total. The van der Waals surface area contributed by atoms with E-state index in [1.807, 2.05) is 0 Å². The molecule has 1 aromatic carbocycles. The minimum atomic E-state index is -0.670. The lowest BCUT2D eigenvalue weighted by atomic mass is 10.0. The van der Waals surface area contributed by atoms with Crippen LogP contribution in [0.25, 0.3) is 0 Å². The van der Waals surface area contributed by atoms with Crippen LogP contribution >= 0.6 is 0 Å². The Kier molecular flexibility index (Phi) is 2.32. The predicted molar refractivity (Wildman–Crippen MR) is 48.2 cm³/mol. The van der Waals surface area contributed by atoms with Crippen molar-refractivity contribution in [1.82, 2.24) is 0 Å². The van der Waals surface area contributed by atoms with Gasteiger partial charge in [0.2, 0.25) is 0 Å². The summed E-state index contributed by atoms with van der Waals surface area (Å²) < 4.78 is 26.2. The van der Waals surface area contributed by atoms with Crippen LogP contribution in [0.4, 0.5) is 8.78 Å². The zero-order valence-corrected chi connectivity index (χ0v) is 7.65. The molecule has 0 aromatic heterocycles. The van der Waals surface area contributed by atoms with Crippen LogP contribution in [0, 0.1) is 11.6 Å². The zero-order valence-electron chi connectivity index (χ0n) is 7.65. The van der Waals surface area contributed by atoms with Crippen molar-refractivity contribution in [3.63, 3.8) is 0 Å². The number of Topliss-reactive ketones (excluding diaryl/α,β-unsaturated/α-hetero) is 1. The molecule has 14 heavy (non-hydrogen) atoms. The van der Waals surface area contributed by atoms with Crippen LogP contribution in [-0.4, -0.2) is 5.78 Å². The van der Waals surface area contributed by atoms with Gasteiger partial charge < -0.3 is 0 Å². The fourth-order valence-corrected chi connectivity index (χ4v) is 1.83. The van der Waals surface area contributed by atoms with E-state index < -0.39 is 11.6 Å². The molecule has 1 aromatic rings. The lowest BCUT2D eigenvalue weighted by Crippen LogP contribution is -2.03. The second-order valence-electron chi connectivity index (χ2n) is 3.54. The van der Waals surface area contributed by atoms with Gasteiger partial charge in [-0.05, 0) is 30.9 Å². The molecule has 0 N–H and O–H groups in total. The quantitative estimate of drug-likeness (QED) is 0.583. The number of carbonyl (C=O) groups excluding carboxylic acids is 1. The van der Waals surface area contributed by atoms with Gasteiger partial charge in [-0.15, -0.1) is 0 Å². The largest absolute Gasteiger partial charge is 0.294 e.